The summed E-state index contributed by atoms with van der Waals surface area (Å²) in [7, 11) is 0. The van der Waals surface area contributed by atoms with Crippen LogP contribution < -0.4 is 0 Å². The van der Waals surface area contributed by atoms with Crippen LogP contribution in [0.1, 0.15) is 13.8 Å². The van der Waals surface area contributed by atoms with Crippen LogP contribution in [-0.4, -0.2) is 33.9 Å². The summed E-state index contributed by atoms with van der Waals surface area (Å²) in [6, 6.07) is 0. The SMILES string of the molecule is CC(=O)C(C(C)=O)C(=O)C(=O)O.O. The Balaban J connectivity index is 0. The number of carbonyl (C=O) groups is 4. The molecule has 0 heterocycles. The molecule has 0 spiro atoms. The molecule has 3 N–H and O–H groups in total. The summed E-state index contributed by atoms with van der Waals surface area (Å²) in [4.78, 5) is 42.0. The Labute approximate surface area is 73.8 Å². The molecule has 0 bridgehead atoms. The number of carboxylic acid groups (broad SMARTS) is 1. The van der Waals surface area contributed by atoms with Gasteiger partial charge in [-0.15, -0.1) is 0 Å². The first-order valence-electron chi connectivity index (χ1n) is 3.16. The monoisotopic (exact) mass is 190 g/mol. The molecule has 6 nitrogen and oxygen atoms in total. The lowest BCUT2D eigenvalue weighted by Crippen LogP contribution is -2.33. The molecule has 0 unspecified atom stereocenters. The van der Waals surface area contributed by atoms with Gasteiger partial charge in [0.2, 0.25) is 0 Å². The summed E-state index contributed by atoms with van der Waals surface area (Å²) in [5.41, 5.74) is 0. The minimum absolute atomic E-state index is 0. The molecule has 0 aromatic rings. The van der Waals surface area contributed by atoms with Crippen molar-refractivity contribution in [3.8, 4) is 0 Å². The van der Waals surface area contributed by atoms with E-state index in [4.69, 9.17) is 5.11 Å². The second kappa shape index (κ2) is 5.15. The lowest BCUT2D eigenvalue weighted by Gasteiger charge is -2.03. The zero-order valence-corrected chi connectivity index (χ0v) is 7.16. The standard InChI is InChI=1S/C7H8O5.H2O/c1-3(8)5(4(2)9)6(10)7(11)12;/h5H,1-2H3,(H,11,12);1H2. The Morgan fingerprint density at radius 2 is 1.31 bits per heavy atom. The molecule has 0 aromatic heterocycles. The average Bonchev–Trinajstić information content (AvgIpc) is 1.85. The third kappa shape index (κ3) is 3.57. The highest BCUT2D eigenvalue weighted by Crippen LogP contribution is 2.02. The van der Waals surface area contributed by atoms with Crippen LogP contribution in [0.25, 0.3) is 0 Å². The second-order valence-electron chi connectivity index (χ2n) is 2.32. The van der Waals surface area contributed by atoms with Gasteiger partial charge in [0.1, 0.15) is 17.5 Å². The van der Waals surface area contributed by atoms with E-state index in [1.165, 1.54) is 0 Å². The van der Waals surface area contributed by atoms with Gasteiger partial charge in [0, 0.05) is 0 Å². The first-order valence-corrected chi connectivity index (χ1v) is 3.16. The molecule has 0 aliphatic rings. The van der Waals surface area contributed by atoms with Crippen LogP contribution in [0.15, 0.2) is 0 Å². The van der Waals surface area contributed by atoms with Gasteiger partial charge in [0.05, 0.1) is 0 Å². The van der Waals surface area contributed by atoms with E-state index in [2.05, 4.69) is 0 Å². The normalized spacial score (nSPS) is 8.85. The van der Waals surface area contributed by atoms with Gasteiger partial charge >= 0.3 is 5.97 Å². The number of Topliss-reactive ketones (excluding diaryl/α,β-unsaturated/α-hetero) is 3. The van der Waals surface area contributed by atoms with Crippen molar-refractivity contribution in [3.63, 3.8) is 0 Å². The van der Waals surface area contributed by atoms with E-state index >= 15 is 0 Å². The number of carboxylic acids is 1. The van der Waals surface area contributed by atoms with Crippen LogP contribution in [0.5, 0.6) is 0 Å². The molecule has 13 heavy (non-hydrogen) atoms. The van der Waals surface area contributed by atoms with E-state index in [-0.39, 0.29) is 5.48 Å². The Bertz CT molecular complexity index is 240. The highest BCUT2D eigenvalue weighted by Gasteiger charge is 2.32. The zero-order valence-electron chi connectivity index (χ0n) is 7.16. The molecule has 0 radical (unpaired) electrons. The van der Waals surface area contributed by atoms with Crippen molar-refractivity contribution >= 4 is 23.3 Å². The van der Waals surface area contributed by atoms with Crippen molar-refractivity contribution in [2.75, 3.05) is 0 Å². The van der Waals surface area contributed by atoms with E-state index in [9.17, 15) is 19.2 Å². The minimum Gasteiger partial charge on any atom is -0.475 e. The third-order valence-electron chi connectivity index (χ3n) is 1.29. The maximum absolute atomic E-state index is 10.7. The van der Waals surface area contributed by atoms with Crippen molar-refractivity contribution < 1.29 is 29.8 Å². The van der Waals surface area contributed by atoms with Crippen LogP contribution >= 0.6 is 0 Å². The van der Waals surface area contributed by atoms with Crippen LogP contribution in [-0.2, 0) is 19.2 Å². The van der Waals surface area contributed by atoms with Crippen molar-refractivity contribution in [1.29, 1.82) is 0 Å². The largest absolute Gasteiger partial charge is 0.475 e. The maximum Gasteiger partial charge on any atom is 0.373 e. The Hall–Kier alpha value is -1.56. The number of hydrogen-bond donors (Lipinski definition) is 1. The Kier molecular flexibility index (Phi) is 5.54. The molecule has 6 heteroatoms. The summed E-state index contributed by atoms with van der Waals surface area (Å²) in [6.07, 6.45) is 0. The molecule has 0 amide bonds. The molecule has 0 aliphatic carbocycles. The smallest absolute Gasteiger partial charge is 0.373 e. The topological polar surface area (TPSA) is 120 Å². The number of hydrogen-bond acceptors (Lipinski definition) is 4. The molecule has 0 aliphatic heterocycles. The quantitative estimate of drug-likeness (QED) is 0.432. The predicted octanol–water partition coefficient (Wildman–Crippen LogP) is -1.39. The van der Waals surface area contributed by atoms with Crippen molar-refractivity contribution in [3.05, 3.63) is 0 Å². The number of ketones is 3. The van der Waals surface area contributed by atoms with E-state index in [0.717, 1.165) is 13.8 Å². The molecule has 0 aromatic carbocycles. The molecule has 0 saturated heterocycles. The summed E-state index contributed by atoms with van der Waals surface area (Å²) in [5.74, 6) is -6.24. The van der Waals surface area contributed by atoms with E-state index in [1.807, 2.05) is 0 Å². The number of aliphatic carboxylic acids is 1. The average molecular weight is 190 g/mol. The fraction of sp³-hybridized carbons (Fsp3) is 0.429. The Morgan fingerprint density at radius 3 is 1.38 bits per heavy atom. The lowest BCUT2D eigenvalue weighted by molar-refractivity contribution is -0.154. The molecule has 0 fully saturated rings. The zero-order chi connectivity index (χ0) is 9.89. The van der Waals surface area contributed by atoms with Gasteiger partial charge in [0.25, 0.3) is 5.78 Å². The number of carbonyl (C=O) groups excluding carboxylic acids is 3. The third-order valence-corrected chi connectivity index (χ3v) is 1.29. The van der Waals surface area contributed by atoms with Gasteiger partial charge in [-0.1, -0.05) is 0 Å². The van der Waals surface area contributed by atoms with Crippen molar-refractivity contribution in [2.24, 2.45) is 5.92 Å². The van der Waals surface area contributed by atoms with Crippen molar-refractivity contribution in [2.45, 2.75) is 13.8 Å². The van der Waals surface area contributed by atoms with Gasteiger partial charge in [-0.2, -0.15) is 0 Å². The first-order chi connectivity index (χ1) is 5.37. The summed E-state index contributed by atoms with van der Waals surface area (Å²) in [5, 5.41) is 8.20. The molecule has 74 valence electrons. The first kappa shape index (κ1) is 14.0. The number of rotatable bonds is 4. The van der Waals surface area contributed by atoms with Gasteiger partial charge in [-0.25, -0.2) is 4.79 Å². The maximum atomic E-state index is 10.7. The van der Waals surface area contributed by atoms with Crippen LogP contribution in [0.4, 0.5) is 0 Å². The van der Waals surface area contributed by atoms with Crippen LogP contribution in [0.3, 0.4) is 0 Å². The van der Waals surface area contributed by atoms with E-state index in [0.29, 0.717) is 0 Å². The highest BCUT2D eigenvalue weighted by atomic mass is 16.4. The van der Waals surface area contributed by atoms with E-state index < -0.39 is 29.2 Å². The minimum atomic E-state index is -1.76. The molecule has 0 atom stereocenters. The van der Waals surface area contributed by atoms with Gasteiger partial charge < -0.3 is 10.6 Å². The molecular formula is C7H10O6. The van der Waals surface area contributed by atoms with Gasteiger partial charge in [0.15, 0.2) is 0 Å². The van der Waals surface area contributed by atoms with Gasteiger partial charge in [-0.05, 0) is 13.8 Å². The predicted molar refractivity (Wildman–Crippen MR) is 41.1 cm³/mol. The Morgan fingerprint density at radius 1 is 1.00 bits per heavy atom. The molecular weight excluding hydrogens is 180 g/mol. The van der Waals surface area contributed by atoms with Crippen LogP contribution in [0, 0.1) is 5.92 Å². The van der Waals surface area contributed by atoms with Gasteiger partial charge in [-0.3, -0.25) is 14.4 Å². The fourth-order valence-electron chi connectivity index (χ4n) is 0.779. The highest BCUT2D eigenvalue weighted by molar-refractivity contribution is 6.42. The summed E-state index contributed by atoms with van der Waals surface area (Å²) < 4.78 is 0. The lowest BCUT2D eigenvalue weighted by atomic mass is 9.96. The molecule has 0 saturated carbocycles. The fourth-order valence-corrected chi connectivity index (χ4v) is 0.779. The van der Waals surface area contributed by atoms with E-state index in [1.54, 1.807) is 0 Å². The second-order valence-corrected chi connectivity index (χ2v) is 2.32. The van der Waals surface area contributed by atoms with Crippen LogP contribution in [0.2, 0.25) is 0 Å². The summed E-state index contributed by atoms with van der Waals surface area (Å²) in [6.45, 7) is 2.01. The molecule has 0 rings (SSSR count). The van der Waals surface area contributed by atoms with Crippen molar-refractivity contribution in [1.82, 2.24) is 0 Å². The summed E-state index contributed by atoms with van der Waals surface area (Å²) >= 11 is 0.